The van der Waals surface area contributed by atoms with Crippen molar-refractivity contribution in [2.75, 3.05) is 0 Å². The fourth-order valence-corrected chi connectivity index (χ4v) is 1.78. The van der Waals surface area contributed by atoms with Crippen LogP contribution >= 0.6 is 0 Å². The van der Waals surface area contributed by atoms with Crippen molar-refractivity contribution in [3.8, 4) is 0 Å². The van der Waals surface area contributed by atoms with Crippen molar-refractivity contribution in [2.24, 2.45) is 0 Å². The number of hydrogen-bond donors (Lipinski definition) is 0. The standard InChI is InChI=1S/C9H20O4S.Na/c1-3-4-5-6-7-8-9(2)13-14(10,11)12;/h9H,3-8H2,1-2H3,(H,10,11,12);/q;+1/p-1/t9-;/m0./s1. The molecule has 0 radical (unpaired) electrons. The third-order valence-corrected chi connectivity index (χ3v) is 2.56. The van der Waals surface area contributed by atoms with E-state index < -0.39 is 16.5 Å². The molecule has 4 nitrogen and oxygen atoms in total. The molecule has 0 aromatic rings. The Labute approximate surface area is 115 Å². The van der Waals surface area contributed by atoms with Gasteiger partial charge in [-0.25, -0.2) is 8.42 Å². The molecule has 0 saturated carbocycles. The Bertz CT molecular complexity index is 228. The average Bonchev–Trinajstić information content (AvgIpc) is 2.00. The molecule has 0 aliphatic rings. The Hall–Kier alpha value is 0.870. The van der Waals surface area contributed by atoms with Crippen molar-refractivity contribution in [3.05, 3.63) is 0 Å². The maximum Gasteiger partial charge on any atom is 1.00 e. The van der Waals surface area contributed by atoms with Gasteiger partial charge in [-0.1, -0.05) is 39.0 Å². The van der Waals surface area contributed by atoms with Crippen molar-refractivity contribution >= 4 is 10.4 Å². The van der Waals surface area contributed by atoms with Gasteiger partial charge in [0.2, 0.25) is 10.4 Å². The Morgan fingerprint density at radius 3 is 2.20 bits per heavy atom. The van der Waals surface area contributed by atoms with E-state index in [1.54, 1.807) is 6.92 Å². The van der Waals surface area contributed by atoms with E-state index in [-0.39, 0.29) is 29.6 Å². The van der Waals surface area contributed by atoms with Gasteiger partial charge < -0.3 is 4.55 Å². The quantitative estimate of drug-likeness (QED) is 0.244. The van der Waals surface area contributed by atoms with E-state index in [0.29, 0.717) is 6.42 Å². The minimum Gasteiger partial charge on any atom is -0.726 e. The molecule has 0 rings (SSSR count). The summed E-state index contributed by atoms with van der Waals surface area (Å²) in [4.78, 5) is 0. The van der Waals surface area contributed by atoms with Crippen LogP contribution < -0.4 is 29.6 Å². The van der Waals surface area contributed by atoms with Crippen LogP contribution in [-0.2, 0) is 14.6 Å². The van der Waals surface area contributed by atoms with Crippen LogP contribution in [0.25, 0.3) is 0 Å². The van der Waals surface area contributed by atoms with Gasteiger partial charge in [0, 0.05) is 0 Å². The summed E-state index contributed by atoms with van der Waals surface area (Å²) in [6, 6.07) is 0. The van der Waals surface area contributed by atoms with Crippen LogP contribution in [0.1, 0.15) is 52.4 Å². The smallest absolute Gasteiger partial charge is 0.726 e. The molecule has 0 unspecified atom stereocenters. The molecule has 0 amide bonds. The van der Waals surface area contributed by atoms with Crippen LogP contribution in [-0.4, -0.2) is 19.1 Å². The minimum absolute atomic E-state index is 0. The number of hydrogen-bond acceptors (Lipinski definition) is 4. The van der Waals surface area contributed by atoms with Crippen molar-refractivity contribution in [2.45, 2.75) is 58.5 Å². The zero-order valence-corrected chi connectivity index (χ0v) is 12.7. The molecule has 0 aliphatic heterocycles. The van der Waals surface area contributed by atoms with Crippen LogP contribution in [0.5, 0.6) is 0 Å². The summed E-state index contributed by atoms with van der Waals surface area (Å²) in [5.74, 6) is 0. The van der Waals surface area contributed by atoms with E-state index in [2.05, 4.69) is 11.1 Å². The predicted octanol–water partition coefficient (Wildman–Crippen LogP) is -0.784. The van der Waals surface area contributed by atoms with Gasteiger partial charge in [-0.2, -0.15) is 0 Å². The first-order chi connectivity index (χ1) is 6.45. The fraction of sp³-hybridized carbons (Fsp3) is 1.00. The fourth-order valence-electron chi connectivity index (χ4n) is 1.28. The summed E-state index contributed by atoms with van der Waals surface area (Å²) in [5.41, 5.74) is 0. The Balaban J connectivity index is 0. The zero-order chi connectivity index (χ0) is 11.0. The van der Waals surface area contributed by atoms with E-state index in [0.717, 1.165) is 19.3 Å². The van der Waals surface area contributed by atoms with Crippen LogP contribution in [0, 0.1) is 0 Å². The zero-order valence-electron chi connectivity index (χ0n) is 9.86. The van der Waals surface area contributed by atoms with Gasteiger partial charge in [0.1, 0.15) is 0 Å². The largest absolute Gasteiger partial charge is 1.00 e. The van der Waals surface area contributed by atoms with Crippen LogP contribution in [0.4, 0.5) is 0 Å². The van der Waals surface area contributed by atoms with Crippen molar-refractivity contribution in [1.82, 2.24) is 0 Å². The molecule has 0 aromatic carbocycles. The Morgan fingerprint density at radius 2 is 1.73 bits per heavy atom. The van der Waals surface area contributed by atoms with Gasteiger partial charge in [-0.15, -0.1) is 0 Å². The topological polar surface area (TPSA) is 66.4 Å². The third-order valence-electron chi connectivity index (χ3n) is 2.00. The molecule has 0 heterocycles. The summed E-state index contributed by atoms with van der Waals surface area (Å²) >= 11 is 0. The molecule has 0 fully saturated rings. The summed E-state index contributed by atoms with van der Waals surface area (Å²) in [6.07, 6.45) is 5.67. The molecule has 6 heteroatoms. The van der Waals surface area contributed by atoms with Gasteiger partial charge in [0.25, 0.3) is 0 Å². The number of unbranched alkanes of at least 4 members (excludes halogenated alkanes) is 4. The second-order valence-corrected chi connectivity index (χ2v) is 4.53. The molecule has 1 atom stereocenters. The average molecular weight is 246 g/mol. The molecule has 0 saturated heterocycles. The SMILES string of the molecule is CCCCCCC[C@H](C)OS(=O)(=O)[O-].[Na+]. The molecular formula is C9H19NaO4S. The first kappa shape index (κ1) is 18.2. The maximum atomic E-state index is 10.2. The molecular weight excluding hydrogens is 227 g/mol. The van der Waals surface area contributed by atoms with Crippen molar-refractivity contribution < 1.29 is 46.7 Å². The molecule has 0 N–H and O–H groups in total. The van der Waals surface area contributed by atoms with E-state index >= 15 is 0 Å². The van der Waals surface area contributed by atoms with Crippen LogP contribution in [0.15, 0.2) is 0 Å². The molecule has 0 bridgehead atoms. The summed E-state index contributed by atoms with van der Waals surface area (Å²) in [7, 11) is -4.52. The monoisotopic (exact) mass is 246 g/mol. The van der Waals surface area contributed by atoms with Gasteiger partial charge >= 0.3 is 29.6 Å². The third kappa shape index (κ3) is 14.9. The van der Waals surface area contributed by atoms with Gasteiger partial charge in [0.15, 0.2) is 0 Å². The summed E-state index contributed by atoms with van der Waals surface area (Å²) in [5, 5.41) is 0. The normalized spacial score (nSPS) is 13.3. The molecule has 0 aliphatic carbocycles. The second-order valence-electron chi connectivity index (χ2n) is 3.52. The van der Waals surface area contributed by atoms with Gasteiger partial charge in [-0.05, 0) is 13.3 Å². The van der Waals surface area contributed by atoms with Gasteiger partial charge in [0.05, 0.1) is 6.10 Å². The first-order valence-corrected chi connectivity index (χ1v) is 6.43. The van der Waals surface area contributed by atoms with E-state index in [4.69, 9.17) is 0 Å². The van der Waals surface area contributed by atoms with Crippen molar-refractivity contribution in [3.63, 3.8) is 0 Å². The van der Waals surface area contributed by atoms with E-state index in [1.807, 2.05) is 0 Å². The Morgan fingerprint density at radius 1 is 1.20 bits per heavy atom. The van der Waals surface area contributed by atoms with Crippen molar-refractivity contribution in [1.29, 1.82) is 0 Å². The second kappa shape index (κ2) is 10.1. The predicted molar refractivity (Wildman–Crippen MR) is 53.6 cm³/mol. The van der Waals surface area contributed by atoms with E-state index in [9.17, 15) is 13.0 Å². The van der Waals surface area contributed by atoms with E-state index in [1.165, 1.54) is 12.8 Å². The molecule has 0 aromatic heterocycles. The maximum absolute atomic E-state index is 10.2. The Kier molecular flexibility index (Phi) is 12.2. The van der Waals surface area contributed by atoms with Crippen LogP contribution in [0.3, 0.4) is 0 Å². The molecule has 86 valence electrons. The van der Waals surface area contributed by atoms with Crippen LogP contribution in [0.2, 0.25) is 0 Å². The summed E-state index contributed by atoms with van der Waals surface area (Å²) in [6.45, 7) is 3.74. The number of rotatable bonds is 8. The first-order valence-electron chi connectivity index (χ1n) is 5.10. The summed E-state index contributed by atoms with van der Waals surface area (Å²) < 4.78 is 34.9. The molecule has 15 heavy (non-hydrogen) atoms. The minimum atomic E-state index is -4.52. The molecule has 0 spiro atoms. The van der Waals surface area contributed by atoms with Gasteiger partial charge in [-0.3, -0.25) is 4.18 Å².